The zero-order valence-corrected chi connectivity index (χ0v) is 15.2. The third kappa shape index (κ3) is 4.96. The fourth-order valence-electron chi connectivity index (χ4n) is 2.35. The van der Waals surface area contributed by atoms with Crippen LogP contribution in [-0.2, 0) is 13.1 Å². The lowest BCUT2D eigenvalue weighted by atomic mass is 10.2. The number of methoxy groups -OCH3 is 1. The highest BCUT2D eigenvalue weighted by atomic mass is 16.5. The number of aromatic nitrogens is 2. The lowest BCUT2D eigenvalue weighted by molar-refractivity contribution is 0.207. The van der Waals surface area contributed by atoms with E-state index in [2.05, 4.69) is 41.9 Å². The van der Waals surface area contributed by atoms with Crippen molar-refractivity contribution < 1.29 is 14.0 Å². The van der Waals surface area contributed by atoms with Crippen molar-refractivity contribution in [1.82, 2.24) is 15.0 Å². The van der Waals surface area contributed by atoms with E-state index in [1.165, 1.54) is 0 Å². The van der Waals surface area contributed by atoms with Crippen molar-refractivity contribution in [3.05, 3.63) is 35.5 Å². The van der Waals surface area contributed by atoms with Crippen molar-refractivity contribution in [3.63, 3.8) is 0 Å². The van der Waals surface area contributed by atoms with Crippen molar-refractivity contribution in [2.24, 2.45) is 0 Å². The van der Waals surface area contributed by atoms with Gasteiger partial charge in [-0.2, -0.15) is 4.98 Å². The molecule has 6 nitrogen and oxygen atoms in total. The lowest BCUT2D eigenvalue weighted by Crippen LogP contribution is -2.23. The maximum atomic E-state index is 5.90. The molecular weight excluding hydrogens is 306 g/mol. The predicted octanol–water partition coefficient (Wildman–Crippen LogP) is 3.59. The molecule has 0 N–H and O–H groups in total. The minimum atomic E-state index is 0.165. The summed E-state index contributed by atoms with van der Waals surface area (Å²) in [5.74, 6) is 2.85. The number of aryl methyl sites for hydroxylation is 1. The minimum absolute atomic E-state index is 0.165. The molecule has 24 heavy (non-hydrogen) atoms. The quantitative estimate of drug-likeness (QED) is 0.699. The van der Waals surface area contributed by atoms with Gasteiger partial charge in [-0.05, 0) is 37.6 Å². The zero-order chi connectivity index (χ0) is 17.5. The van der Waals surface area contributed by atoms with Gasteiger partial charge in [0.25, 0.3) is 0 Å². The smallest absolute Gasteiger partial charge is 0.223 e. The molecule has 0 saturated heterocycles. The number of benzene rings is 1. The van der Waals surface area contributed by atoms with Gasteiger partial charge in [-0.3, -0.25) is 4.90 Å². The summed E-state index contributed by atoms with van der Waals surface area (Å²) < 4.78 is 16.4. The summed E-state index contributed by atoms with van der Waals surface area (Å²) >= 11 is 0. The molecule has 0 fully saturated rings. The lowest BCUT2D eigenvalue weighted by Gasteiger charge is -2.20. The van der Waals surface area contributed by atoms with Gasteiger partial charge in [-0.15, -0.1) is 0 Å². The molecule has 0 unspecified atom stereocenters. The Kier molecular flexibility index (Phi) is 6.61. The minimum Gasteiger partial charge on any atom is -0.493 e. The zero-order valence-electron chi connectivity index (χ0n) is 15.2. The van der Waals surface area contributed by atoms with Gasteiger partial charge in [0.2, 0.25) is 5.89 Å². The van der Waals surface area contributed by atoms with Gasteiger partial charge in [0, 0.05) is 13.5 Å². The summed E-state index contributed by atoms with van der Waals surface area (Å²) in [5.41, 5.74) is 1.16. The molecule has 0 saturated carbocycles. The molecule has 0 aliphatic rings. The van der Waals surface area contributed by atoms with Gasteiger partial charge < -0.3 is 14.0 Å². The highest BCUT2D eigenvalue weighted by Crippen LogP contribution is 2.30. The summed E-state index contributed by atoms with van der Waals surface area (Å²) in [7, 11) is 1.67. The highest BCUT2D eigenvalue weighted by molar-refractivity contribution is 5.43. The van der Waals surface area contributed by atoms with Crippen molar-refractivity contribution in [3.8, 4) is 11.5 Å². The van der Waals surface area contributed by atoms with Gasteiger partial charge in [-0.1, -0.05) is 25.1 Å². The molecule has 0 spiro atoms. The molecule has 6 heteroatoms. The molecule has 0 bridgehead atoms. The van der Waals surface area contributed by atoms with Crippen molar-refractivity contribution >= 4 is 0 Å². The van der Waals surface area contributed by atoms with Crippen LogP contribution in [0.3, 0.4) is 0 Å². The Morgan fingerprint density at radius 3 is 2.58 bits per heavy atom. The second-order valence-electron chi connectivity index (χ2n) is 5.85. The van der Waals surface area contributed by atoms with E-state index < -0.39 is 0 Å². The van der Waals surface area contributed by atoms with Crippen LogP contribution in [0.5, 0.6) is 11.5 Å². The van der Waals surface area contributed by atoms with Crippen LogP contribution in [0.25, 0.3) is 0 Å². The molecule has 0 radical (unpaired) electrons. The van der Waals surface area contributed by atoms with Crippen LogP contribution in [0, 0.1) is 6.92 Å². The van der Waals surface area contributed by atoms with Gasteiger partial charge in [0.1, 0.15) is 0 Å². The number of rotatable bonds is 9. The van der Waals surface area contributed by atoms with Gasteiger partial charge in [-0.25, -0.2) is 0 Å². The van der Waals surface area contributed by atoms with Crippen LogP contribution >= 0.6 is 0 Å². The molecule has 0 amide bonds. The second kappa shape index (κ2) is 8.68. The average molecular weight is 333 g/mol. The molecule has 1 aromatic heterocycles. The Bertz CT molecular complexity index is 642. The summed E-state index contributed by atoms with van der Waals surface area (Å²) in [6.07, 6.45) is 1.12. The SMILES string of the molecule is CC[C@H](C)Oc1ccc(CN(CC)Cc2noc(C)n2)cc1OC. The van der Waals surface area contributed by atoms with Crippen LogP contribution < -0.4 is 9.47 Å². The van der Waals surface area contributed by atoms with Crippen LogP contribution in [0.4, 0.5) is 0 Å². The first kappa shape index (κ1) is 18.3. The number of nitrogens with zero attached hydrogens (tertiary/aromatic N) is 3. The molecule has 2 aromatic rings. The van der Waals surface area contributed by atoms with E-state index in [0.29, 0.717) is 18.3 Å². The number of hydrogen-bond donors (Lipinski definition) is 0. The fourth-order valence-corrected chi connectivity index (χ4v) is 2.35. The Morgan fingerprint density at radius 2 is 2.00 bits per heavy atom. The highest BCUT2D eigenvalue weighted by Gasteiger charge is 2.13. The summed E-state index contributed by atoms with van der Waals surface area (Å²) in [5, 5.41) is 3.96. The molecule has 1 aromatic carbocycles. The van der Waals surface area contributed by atoms with Gasteiger partial charge in [0.05, 0.1) is 19.8 Å². The Hall–Kier alpha value is -2.08. The third-order valence-corrected chi connectivity index (χ3v) is 3.92. The molecule has 0 aliphatic carbocycles. The molecule has 132 valence electrons. The number of hydrogen-bond acceptors (Lipinski definition) is 6. The molecular formula is C18H27N3O3. The Labute approximate surface area is 143 Å². The maximum absolute atomic E-state index is 5.90. The monoisotopic (exact) mass is 333 g/mol. The van der Waals surface area contributed by atoms with E-state index in [0.717, 1.165) is 36.6 Å². The number of ether oxygens (including phenoxy) is 2. The van der Waals surface area contributed by atoms with E-state index in [9.17, 15) is 0 Å². The third-order valence-electron chi connectivity index (χ3n) is 3.92. The van der Waals surface area contributed by atoms with E-state index in [1.54, 1.807) is 14.0 Å². The van der Waals surface area contributed by atoms with E-state index in [-0.39, 0.29) is 6.10 Å². The first-order valence-electron chi connectivity index (χ1n) is 8.40. The van der Waals surface area contributed by atoms with Crippen LogP contribution in [0.15, 0.2) is 22.7 Å². The van der Waals surface area contributed by atoms with Crippen molar-refractivity contribution in [2.45, 2.75) is 53.3 Å². The molecule has 1 atom stereocenters. The topological polar surface area (TPSA) is 60.6 Å². The molecule has 0 aliphatic heterocycles. The summed E-state index contributed by atoms with van der Waals surface area (Å²) in [4.78, 5) is 6.51. The van der Waals surface area contributed by atoms with Crippen LogP contribution in [0.2, 0.25) is 0 Å². The van der Waals surface area contributed by atoms with E-state index >= 15 is 0 Å². The van der Waals surface area contributed by atoms with Crippen molar-refractivity contribution in [1.29, 1.82) is 0 Å². The standard InChI is InChI=1S/C18H27N3O3/c1-6-13(3)23-16-9-8-15(10-17(16)22-5)11-21(7-2)12-18-19-14(4)24-20-18/h8-10,13H,6-7,11-12H2,1-5H3/t13-/m0/s1. The largest absolute Gasteiger partial charge is 0.493 e. The van der Waals surface area contributed by atoms with Gasteiger partial charge >= 0.3 is 0 Å². The second-order valence-corrected chi connectivity index (χ2v) is 5.85. The van der Waals surface area contributed by atoms with E-state index in [4.69, 9.17) is 14.0 Å². The summed E-state index contributed by atoms with van der Waals surface area (Å²) in [6.45, 7) is 10.4. The maximum Gasteiger partial charge on any atom is 0.223 e. The first-order valence-corrected chi connectivity index (χ1v) is 8.40. The molecule has 2 rings (SSSR count). The van der Waals surface area contributed by atoms with E-state index in [1.807, 2.05) is 12.1 Å². The fraction of sp³-hybridized carbons (Fsp3) is 0.556. The normalized spacial score (nSPS) is 12.4. The van der Waals surface area contributed by atoms with Gasteiger partial charge in [0.15, 0.2) is 17.3 Å². The Balaban J connectivity index is 2.07. The average Bonchev–Trinajstić information content (AvgIpc) is 3.00. The summed E-state index contributed by atoms with van der Waals surface area (Å²) in [6, 6.07) is 6.08. The molecule has 1 heterocycles. The first-order chi connectivity index (χ1) is 11.5. The predicted molar refractivity (Wildman–Crippen MR) is 92.2 cm³/mol. The van der Waals surface area contributed by atoms with Crippen LogP contribution in [0.1, 0.15) is 44.5 Å². The van der Waals surface area contributed by atoms with Crippen molar-refractivity contribution in [2.75, 3.05) is 13.7 Å². The Morgan fingerprint density at radius 1 is 1.21 bits per heavy atom. The van der Waals surface area contributed by atoms with Crippen LogP contribution in [-0.4, -0.2) is 34.8 Å².